The molecular weight excluding hydrogens is 368 g/mol. The van der Waals surface area contributed by atoms with Crippen molar-refractivity contribution >= 4 is 23.6 Å². The fraction of sp³-hybridized carbons (Fsp3) is 0.913. The molecule has 0 aliphatic carbocycles. The summed E-state index contributed by atoms with van der Waals surface area (Å²) in [5.74, 6) is 1.15. The third-order valence-corrected chi connectivity index (χ3v) is 8.14. The summed E-state index contributed by atoms with van der Waals surface area (Å²) in [5.41, 5.74) is 0.0535. The zero-order valence-corrected chi connectivity index (χ0v) is 21.0. The van der Waals surface area contributed by atoms with E-state index in [0.717, 1.165) is 44.4 Å². The van der Waals surface area contributed by atoms with Crippen LogP contribution in [0.15, 0.2) is 0 Å². The first-order valence-electron chi connectivity index (χ1n) is 10.8. The number of hydrogen-bond acceptors (Lipinski definition) is 3. The Labute approximate surface area is 178 Å². The Kier molecular flexibility index (Phi) is 10.6. The molecule has 0 aliphatic rings. The number of carbonyl (C=O) groups is 2. The molecule has 0 fully saturated rings. The van der Waals surface area contributed by atoms with E-state index < -0.39 is 0 Å². The molecule has 0 bridgehead atoms. The van der Waals surface area contributed by atoms with Crippen LogP contribution in [0.3, 0.4) is 0 Å². The zero-order chi connectivity index (χ0) is 22.2. The number of carbonyl (C=O) groups excluding carboxylic acids is 2. The predicted molar refractivity (Wildman–Crippen MR) is 124 cm³/mol. The molecule has 28 heavy (non-hydrogen) atoms. The van der Waals surface area contributed by atoms with Gasteiger partial charge in [-0.3, -0.25) is 9.59 Å². The van der Waals surface area contributed by atoms with Crippen molar-refractivity contribution < 1.29 is 9.59 Å². The summed E-state index contributed by atoms with van der Waals surface area (Å²) in [6.07, 6.45) is 5.26. The molecule has 0 aromatic carbocycles. The molecule has 3 atom stereocenters. The van der Waals surface area contributed by atoms with Gasteiger partial charge in [0, 0.05) is 30.7 Å². The van der Waals surface area contributed by atoms with Crippen LogP contribution in [0.5, 0.6) is 0 Å². The van der Waals surface area contributed by atoms with E-state index >= 15 is 0 Å². The molecule has 0 rings (SSSR count). The molecule has 0 heterocycles. The van der Waals surface area contributed by atoms with Gasteiger partial charge in [0.2, 0.25) is 11.8 Å². The van der Waals surface area contributed by atoms with Crippen molar-refractivity contribution in [3.63, 3.8) is 0 Å². The first-order chi connectivity index (χ1) is 12.6. The van der Waals surface area contributed by atoms with Crippen molar-refractivity contribution in [2.75, 3.05) is 12.3 Å². The fourth-order valence-electron chi connectivity index (χ4n) is 4.05. The van der Waals surface area contributed by atoms with Gasteiger partial charge >= 0.3 is 0 Å². The molecule has 4 nitrogen and oxygen atoms in total. The Morgan fingerprint density at radius 3 is 1.71 bits per heavy atom. The second-order valence-corrected chi connectivity index (χ2v) is 11.8. The lowest BCUT2D eigenvalue weighted by molar-refractivity contribution is -0.121. The Balaban J connectivity index is 5.18. The second kappa shape index (κ2) is 10.9. The summed E-state index contributed by atoms with van der Waals surface area (Å²) >= 11 is 2.07. The minimum atomic E-state index is -0.205. The van der Waals surface area contributed by atoms with Crippen LogP contribution in [0.2, 0.25) is 0 Å². The van der Waals surface area contributed by atoms with Gasteiger partial charge in [0.15, 0.2) is 0 Å². The number of hydrogen-bond donors (Lipinski definition) is 2. The summed E-state index contributed by atoms with van der Waals surface area (Å²) in [6, 6.07) is 0. The number of nitrogens with one attached hydrogen (secondary N) is 2. The van der Waals surface area contributed by atoms with Crippen LogP contribution < -0.4 is 10.6 Å². The van der Waals surface area contributed by atoms with E-state index in [4.69, 9.17) is 0 Å². The highest BCUT2D eigenvalue weighted by molar-refractivity contribution is 8.00. The molecule has 0 aromatic rings. The smallest absolute Gasteiger partial charge is 0.217 e. The van der Waals surface area contributed by atoms with Crippen molar-refractivity contribution in [2.45, 2.75) is 112 Å². The highest BCUT2D eigenvalue weighted by Crippen LogP contribution is 2.45. The van der Waals surface area contributed by atoms with Crippen molar-refractivity contribution in [3.8, 4) is 0 Å². The molecule has 2 amide bonds. The average Bonchev–Trinajstić information content (AvgIpc) is 2.57. The standard InChI is InChI=1S/C23H46N2O2S/c1-11-21(8,16-24-18(4)26)15-23(10,13-3)28-17-22(9,12-2)14-20(6,7)25-19(5)27/h11-17H2,1-10H3,(H,24,26)(H,25,27). The Morgan fingerprint density at radius 2 is 1.32 bits per heavy atom. The van der Waals surface area contributed by atoms with Crippen molar-refractivity contribution in [1.82, 2.24) is 10.6 Å². The maximum absolute atomic E-state index is 11.5. The molecular formula is C23H46N2O2S. The largest absolute Gasteiger partial charge is 0.356 e. The van der Waals surface area contributed by atoms with E-state index in [1.54, 1.807) is 13.8 Å². The van der Waals surface area contributed by atoms with Crippen LogP contribution in [-0.4, -0.2) is 34.4 Å². The predicted octanol–water partition coefficient (Wildman–Crippen LogP) is 5.55. The summed E-state index contributed by atoms with van der Waals surface area (Å²) in [5, 5.41) is 6.13. The maximum atomic E-state index is 11.5. The van der Waals surface area contributed by atoms with Crippen molar-refractivity contribution in [2.24, 2.45) is 10.8 Å². The summed E-state index contributed by atoms with van der Waals surface area (Å²) in [4.78, 5) is 23.0. The topological polar surface area (TPSA) is 58.2 Å². The van der Waals surface area contributed by atoms with Gasteiger partial charge in [-0.25, -0.2) is 0 Å². The zero-order valence-electron chi connectivity index (χ0n) is 20.2. The SMILES string of the molecule is CCC(C)(CSC(C)(CC)CC(C)(CC)CNC(C)=O)CC(C)(C)NC(C)=O. The van der Waals surface area contributed by atoms with E-state index in [2.05, 4.69) is 77.8 Å². The average molecular weight is 415 g/mol. The van der Waals surface area contributed by atoms with Crippen LogP contribution in [0.25, 0.3) is 0 Å². The van der Waals surface area contributed by atoms with Gasteiger partial charge in [-0.1, -0.05) is 41.5 Å². The molecule has 0 radical (unpaired) electrons. The molecule has 0 saturated heterocycles. The maximum Gasteiger partial charge on any atom is 0.217 e. The quantitative estimate of drug-likeness (QED) is 0.415. The minimum absolute atomic E-state index is 0.0335. The first-order valence-corrected chi connectivity index (χ1v) is 11.8. The Hall–Kier alpha value is -0.710. The third kappa shape index (κ3) is 10.2. The van der Waals surface area contributed by atoms with E-state index in [-0.39, 0.29) is 32.9 Å². The molecule has 0 aliphatic heterocycles. The lowest BCUT2D eigenvalue weighted by Crippen LogP contribution is -2.46. The molecule has 166 valence electrons. The van der Waals surface area contributed by atoms with Gasteiger partial charge < -0.3 is 10.6 Å². The third-order valence-electron chi connectivity index (χ3n) is 6.17. The molecule has 0 saturated carbocycles. The Bertz CT molecular complexity index is 523. The van der Waals surface area contributed by atoms with Gasteiger partial charge in [-0.2, -0.15) is 11.8 Å². The molecule has 0 aromatic heterocycles. The van der Waals surface area contributed by atoms with Crippen LogP contribution >= 0.6 is 11.8 Å². The highest BCUT2D eigenvalue weighted by atomic mass is 32.2. The van der Waals surface area contributed by atoms with E-state index in [9.17, 15) is 9.59 Å². The van der Waals surface area contributed by atoms with Gasteiger partial charge in [0.05, 0.1) is 0 Å². The fourth-order valence-corrected chi connectivity index (χ4v) is 5.70. The molecule has 5 heteroatoms. The van der Waals surface area contributed by atoms with Crippen LogP contribution in [0.1, 0.15) is 101 Å². The molecule has 2 N–H and O–H groups in total. The molecule has 0 spiro atoms. The summed E-state index contributed by atoms with van der Waals surface area (Å²) in [7, 11) is 0. The van der Waals surface area contributed by atoms with Gasteiger partial charge in [-0.05, 0) is 62.5 Å². The van der Waals surface area contributed by atoms with Crippen LogP contribution in [0, 0.1) is 10.8 Å². The minimum Gasteiger partial charge on any atom is -0.356 e. The lowest BCUT2D eigenvalue weighted by Gasteiger charge is -2.42. The van der Waals surface area contributed by atoms with E-state index in [1.807, 2.05) is 0 Å². The van der Waals surface area contributed by atoms with Gasteiger partial charge in [0.25, 0.3) is 0 Å². The monoisotopic (exact) mass is 414 g/mol. The number of thioether (sulfide) groups is 1. The Morgan fingerprint density at radius 1 is 0.786 bits per heavy atom. The lowest BCUT2D eigenvalue weighted by atomic mass is 9.77. The van der Waals surface area contributed by atoms with Gasteiger partial charge in [-0.15, -0.1) is 0 Å². The van der Waals surface area contributed by atoms with E-state index in [0.29, 0.717) is 0 Å². The highest BCUT2D eigenvalue weighted by Gasteiger charge is 2.37. The normalized spacial score (nSPS) is 18.5. The van der Waals surface area contributed by atoms with Crippen molar-refractivity contribution in [3.05, 3.63) is 0 Å². The number of amides is 2. The summed E-state index contributed by atoms with van der Waals surface area (Å²) < 4.78 is 0.164. The van der Waals surface area contributed by atoms with Gasteiger partial charge in [0.1, 0.15) is 0 Å². The molecule has 3 unspecified atom stereocenters. The van der Waals surface area contributed by atoms with Crippen LogP contribution in [0.4, 0.5) is 0 Å². The van der Waals surface area contributed by atoms with Crippen molar-refractivity contribution in [1.29, 1.82) is 0 Å². The van der Waals surface area contributed by atoms with E-state index in [1.165, 1.54) is 0 Å². The first kappa shape index (κ1) is 27.3. The number of rotatable bonds is 13. The summed E-state index contributed by atoms with van der Waals surface area (Å²) in [6.45, 7) is 21.9. The van der Waals surface area contributed by atoms with Crippen LogP contribution in [-0.2, 0) is 9.59 Å². The second-order valence-electron chi connectivity index (χ2n) is 10.2.